The third-order valence-electron chi connectivity index (χ3n) is 0.249. The van der Waals surface area contributed by atoms with E-state index in [4.69, 9.17) is 5.11 Å². The number of carbonyl (C=O) groups is 1. The molecular weight excluding hydrogens is 172 g/mol. The van der Waals surface area contributed by atoms with Gasteiger partial charge in [0.15, 0.2) is 0 Å². The number of aliphatic hydroxyl groups excluding tert-OH is 1. The molecule has 0 amide bonds. The van der Waals surface area contributed by atoms with E-state index in [0.717, 1.165) is 6.26 Å². The van der Waals surface area contributed by atoms with Crippen LogP contribution in [0.5, 0.6) is 0 Å². The Kier molecular flexibility index (Phi) is 10.3. The number of aliphatic hydroxyl groups is 1. The van der Waals surface area contributed by atoms with Crippen molar-refractivity contribution in [3.8, 4) is 0 Å². The standard InChI is InChI=1S/C4H6O2.CH2OS2/c1-3-6-4(2)5;2-1(3)4/h3H,1H2,2H3;(H2,2,3,4). The Labute approximate surface area is 70.1 Å². The highest BCUT2D eigenvalue weighted by Gasteiger charge is 1.79. The van der Waals surface area contributed by atoms with Crippen LogP contribution in [0.4, 0.5) is 0 Å². The second-order valence-electron chi connectivity index (χ2n) is 1.06. The SMILES string of the molecule is C=COC(C)=O.OC(=S)S. The molecule has 1 N–H and O–H groups in total. The number of hydrogen-bond donors (Lipinski definition) is 2. The average molecular weight is 180 g/mol. The zero-order valence-corrected chi connectivity index (χ0v) is 7.11. The van der Waals surface area contributed by atoms with Gasteiger partial charge in [0.1, 0.15) is 0 Å². The molecule has 10 heavy (non-hydrogen) atoms. The van der Waals surface area contributed by atoms with E-state index in [1.807, 2.05) is 0 Å². The minimum atomic E-state index is -0.329. The first-order valence-corrected chi connectivity index (χ1v) is 3.06. The van der Waals surface area contributed by atoms with Crippen molar-refractivity contribution in [3.63, 3.8) is 0 Å². The van der Waals surface area contributed by atoms with Crippen molar-refractivity contribution in [3.05, 3.63) is 12.8 Å². The molecule has 0 bridgehead atoms. The second-order valence-corrected chi connectivity index (χ2v) is 2.17. The van der Waals surface area contributed by atoms with E-state index in [9.17, 15) is 4.79 Å². The van der Waals surface area contributed by atoms with Crippen LogP contribution < -0.4 is 0 Å². The minimum absolute atomic E-state index is 0.306. The Bertz CT molecular complexity index is 129. The van der Waals surface area contributed by atoms with Gasteiger partial charge in [-0.15, -0.1) is 0 Å². The van der Waals surface area contributed by atoms with E-state index >= 15 is 0 Å². The van der Waals surface area contributed by atoms with Gasteiger partial charge in [-0.05, 0) is 12.2 Å². The molecule has 0 aromatic heterocycles. The number of esters is 1. The van der Waals surface area contributed by atoms with Gasteiger partial charge in [0.05, 0.1) is 6.26 Å². The van der Waals surface area contributed by atoms with E-state index in [1.165, 1.54) is 6.92 Å². The fourth-order valence-electron chi connectivity index (χ4n) is 0.117. The molecule has 58 valence electrons. The normalized spacial score (nSPS) is 6.60. The van der Waals surface area contributed by atoms with Crippen LogP contribution in [0.3, 0.4) is 0 Å². The fraction of sp³-hybridized carbons (Fsp3) is 0.200. The lowest BCUT2D eigenvalue weighted by Gasteiger charge is -1.83. The lowest BCUT2D eigenvalue weighted by atomic mass is 10.8. The number of rotatable bonds is 1. The third-order valence-corrected chi connectivity index (χ3v) is 0.249. The minimum Gasteiger partial charge on any atom is -0.494 e. The van der Waals surface area contributed by atoms with Crippen molar-refractivity contribution in [1.82, 2.24) is 0 Å². The van der Waals surface area contributed by atoms with Crippen LogP contribution in [-0.2, 0) is 9.53 Å². The topological polar surface area (TPSA) is 46.5 Å². The highest BCUT2D eigenvalue weighted by atomic mass is 32.1. The molecule has 0 aromatic carbocycles. The molecule has 0 heterocycles. The molecule has 0 aliphatic carbocycles. The van der Waals surface area contributed by atoms with Gasteiger partial charge < -0.3 is 9.84 Å². The van der Waals surface area contributed by atoms with Crippen LogP contribution in [0.2, 0.25) is 0 Å². The van der Waals surface area contributed by atoms with Gasteiger partial charge in [0.25, 0.3) is 0 Å². The molecule has 0 spiro atoms. The zero-order valence-electron chi connectivity index (χ0n) is 5.40. The first kappa shape index (κ1) is 12.2. The van der Waals surface area contributed by atoms with Crippen LogP contribution in [0.15, 0.2) is 12.8 Å². The Hall–Kier alpha value is -0.550. The third kappa shape index (κ3) is 51.6. The van der Waals surface area contributed by atoms with Crippen molar-refractivity contribution in [2.45, 2.75) is 6.92 Å². The van der Waals surface area contributed by atoms with E-state index in [0.29, 0.717) is 0 Å². The Morgan fingerprint density at radius 3 is 2.20 bits per heavy atom. The van der Waals surface area contributed by atoms with E-state index < -0.39 is 0 Å². The van der Waals surface area contributed by atoms with Gasteiger partial charge in [-0.2, -0.15) is 0 Å². The van der Waals surface area contributed by atoms with Crippen molar-refractivity contribution < 1.29 is 14.6 Å². The quantitative estimate of drug-likeness (QED) is 0.277. The number of thiocarbonyl (C=S) groups is 1. The maximum atomic E-state index is 9.75. The number of hydrogen-bond acceptors (Lipinski definition) is 3. The summed E-state index contributed by atoms with van der Waals surface area (Å²) in [6, 6.07) is 0. The summed E-state index contributed by atoms with van der Waals surface area (Å²) >= 11 is 7.21. The fourth-order valence-corrected chi connectivity index (χ4v) is 0.117. The van der Waals surface area contributed by atoms with Crippen molar-refractivity contribution in [2.24, 2.45) is 0 Å². The van der Waals surface area contributed by atoms with Gasteiger partial charge in [-0.25, -0.2) is 0 Å². The van der Waals surface area contributed by atoms with Crippen molar-refractivity contribution in [2.75, 3.05) is 0 Å². The van der Waals surface area contributed by atoms with Gasteiger partial charge in [-0.3, -0.25) is 4.79 Å². The molecule has 0 aromatic rings. The smallest absolute Gasteiger partial charge is 0.307 e. The molecule has 0 aliphatic heterocycles. The molecule has 0 radical (unpaired) electrons. The van der Waals surface area contributed by atoms with Crippen molar-refractivity contribution in [1.29, 1.82) is 0 Å². The van der Waals surface area contributed by atoms with E-state index in [1.54, 1.807) is 0 Å². The lowest BCUT2D eigenvalue weighted by molar-refractivity contribution is -0.135. The van der Waals surface area contributed by atoms with Gasteiger partial charge >= 0.3 is 5.97 Å². The summed E-state index contributed by atoms with van der Waals surface area (Å²) < 4.78 is 3.86. The van der Waals surface area contributed by atoms with Crippen LogP contribution in [0.1, 0.15) is 6.92 Å². The number of ether oxygens (including phenoxy) is 1. The van der Waals surface area contributed by atoms with Crippen LogP contribution in [0.25, 0.3) is 0 Å². The predicted octanol–water partition coefficient (Wildman–Crippen LogP) is 1.45. The highest BCUT2D eigenvalue weighted by molar-refractivity contribution is 8.10. The molecule has 0 rings (SSSR count). The first-order valence-electron chi connectivity index (χ1n) is 2.20. The summed E-state index contributed by atoms with van der Waals surface area (Å²) in [4.78, 5) is 9.75. The summed E-state index contributed by atoms with van der Waals surface area (Å²) in [5, 5.41) is 7.65. The van der Waals surface area contributed by atoms with Crippen LogP contribution in [-0.4, -0.2) is 15.5 Å². The molecule has 0 saturated heterocycles. The molecule has 5 heteroatoms. The van der Waals surface area contributed by atoms with Crippen LogP contribution in [0, 0.1) is 0 Å². The molecule has 0 atom stereocenters. The van der Waals surface area contributed by atoms with Gasteiger partial charge in [-0.1, -0.05) is 19.2 Å². The highest BCUT2D eigenvalue weighted by Crippen LogP contribution is 1.70. The monoisotopic (exact) mass is 180 g/mol. The molecule has 0 saturated carbocycles. The Morgan fingerprint density at radius 2 is 2.20 bits per heavy atom. The number of carbonyl (C=O) groups excluding carboxylic acids is 1. The summed E-state index contributed by atoms with van der Waals surface area (Å²) in [5.74, 6) is -0.329. The molecule has 0 unspecified atom stereocenters. The number of thiol groups is 1. The van der Waals surface area contributed by atoms with Crippen LogP contribution >= 0.6 is 24.8 Å². The summed E-state index contributed by atoms with van der Waals surface area (Å²) in [6.45, 7) is 4.48. The predicted molar refractivity (Wildman–Crippen MR) is 46.2 cm³/mol. The lowest BCUT2D eigenvalue weighted by Crippen LogP contribution is -1.87. The first-order chi connectivity index (χ1) is 4.50. The van der Waals surface area contributed by atoms with E-state index in [2.05, 4.69) is 36.2 Å². The maximum Gasteiger partial charge on any atom is 0.307 e. The van der Waals surface area contributed by atoms with Crippen molar-refractivity contribution >= 4 is 35.2 Å². The summed E-state index contributed by atoms with van der Waals surface area (Å²) in [6.07, 6.45) is 1.10. The Balaban J connectivity index is 0. The Morgan fingerprint density at radius 1 is 1.90 bits per heavy atom. The second kappa shape index (κ2) is 8.45. The summed E-state index contributed by atoms with van der Waals surface area (Å²) in [5.41, 5.74) is 0. The summed E-state index contributed by atoms with van der Waals surface area (Å²) in [7, 11) is 0. The molecule has 0 aliphatic rings. The van der Waals surface area contributed by atoms with E-state index in [-0.39, 0.29) is 10.4 Å². The van der Waals surface area contributed by atoms with Gasteiger partial charge in [0.2, 0.25) is 4.38 Å². The largest absolute Gasteiger partial charge is 0.494 e. The molecular formula is C5H8O3S2. The zero-order chi connectivity index (χ0) is 8.57. The molecule has 3 nitrogen and oxygen atoms in total. The average Bonchev–Trinajstić information content (AvgIpc) is 1.62. The van der Waals surface area contributed by atoms with Gasteiger partial charge in [0, 0.05) is 6.92 Å². The molecule has 0 fully saturated rings. The maximum absolute atomic E-state index is 9.75.